The van der Waals surface area contributed by atoms with Crippen LogP contribution in [0, 0.1) is 16.0 Å². The van der Waals surface area contributed by atoms with Crippen LogP contribution in [-0.4, -0.2) is 28.3 Å². The third-order valence-corrected chi connectivity index (χ3v) is 2.49. The molecule has 0 radical (unpaired) electrons. The molecule has 1 aromatic carbocycles. The first-order valence-electron chi connectivity index (χ1n) is 5.90. The van der Waals surface area contributed by atoms with E-state index in [0.29, 0.717) is 12.0 Å². The number of non-ortho nitro benzene ring substituents is 1. The molecule has 1 rings (SSSR count). The lowest BCUT2D eigenvalue weighted by Gasteiger charge is -2.09. The lowest BCUT2D eigenvalue weighted by Crippen LogP contribution is -2.20. The molecular formula is C13H16N2O4. The Balaban J connectivity index is 2.78. The van der Waals surface area contributed by atoms with Gasteiger partial charge >= 0.3 is 5.97 Å². The summed E-state index contributed by atoms with van der Waals surface area (Å²) in [6, 6.07) is 5.01. The van der Waals surface area contributed by atoms with Gasteiger partial charge in [0.05, 0.1) is 4.92 Å². The third-order valence-electron chi connectivity index (χ3n) is 2.49. The summed E-state index contributed by atoms with van der Waals surface area (Å²) in [6.45, 7) is 3.86. The Morgan fingerprint density at radius 1 is 1.42 bits per heavy atom. The highest BCUT2D eigenvalue weighted by atomic mass is 16.6. The van der Waals surface area contributed by atoms with Gasteiger partial charge in [-0.05, 0) is 30.0 Å². The van der Waals surface area contributed by atoms with Gasteiger partial charge in [-0.15, -0.1) is 0 Å². The van der Waals surface area contributed by atoms with Crippen LogP contribution in [0.15, 0.2) is 29.3 Å². The molecule has 1 unspecified atom stereocenters. The van der Waals surface area contributed by atoms with Crippen molar-refractivity contribution in [3.8, 4) is 0 Å². The third kappa shape index (κ3) is 4.87. The second kappa shape index (κ2) is 6.63. The molecule has 1 aromatic rings. The van der Waals surface area contributed by atoms with Crippen LogP contribution < -0.4 is 0 Å². The number of hydrogen-bond acceptors (Lipinski definition) is 4. The summed E-state index contributed by atoms with van der Waals surface area (Å²) in [5.41, 5.74) is 0.634. The van der Waals surface area contributed by atoms with Crippen molar-refractivity contribution in [3.63, 3.8) is 0 Å². The van der Waals surface area contributed by atoms with Gasteiger partial charge in [0.2, 0.25) is 0 Å². The summed E-state index contributed by atoms with van der Waals surface area (Å²) in [7, 11) is 0. The summed E-state index contributed by atoms with van der Waals surface area (Å²) in [5, 5.41) is 19.5. The fourth-order valence-corrected chi connectivity index (χ4v) is 1.53. The van der Waals surface area contributed by atoms with E-state index in [1.807, 2.05) is 13.8 Å². The number of aliphatic imine (C=N–C) groups is 1. The molecule has 1 N–H and O–H groups in total. The lowest BCUT2D eigenvalue weighted by atomic mass is 10.0. The van der Waals surface area contributed by atoms with Crippen LogP contribution in [0.1, 0.15) is 25.8 Å². The molecule has 6 nitrogen and oxygen atoms in total. The van der Waals surface area contributed by atoms with Crippen LogP contribution in [0.4, 0.5) is 5.69 Å². The Kier molecular flexibility index (Phi) is 5.17. The molecule has 0 saturated heterocycles. The first-order valence-corrected chi connectivity index (χ1v) is 5.90. The van der Waals surface area contributed by atoms with E-state index in [9.17, 15) is 14.9 Å². The van der Waals surface area contributed by atoms with Crippen molar-refractivity contribution < 1.29 is 14.8 Å². The van der Waals surface area contributed by atoms with Crippen LogP contribution in [0.5, 0.6) is 0 Å². The van der Waals surface area contributed by atoms with Gasteiger partial charge in [0.25, 0.3) is 5.69 Å². The maximum absolute atomic E-state index is 11.0. The summed E-state index contributed by atoms with van der Waals surface area (Å²) >= 11 is 0. The molecule has 19 heavy (non-hydrogen) atoms. The van der Waals surface area contributed by atoms with E-state index in [4.69, 9.17) is 5.11 Å². The minimum Gasteiger partial charge on any atom is -0.480 e. The normalized spacial score (nSPS) is 12.8. The number of nitro groups is 1. The Hall–Kier alpha value is -2.24. The van der Waals surface area contributed by atoms with Crippen molar-refractivity contribution >= 4 is 17.9 Å². The fourth-order valence-electron chi connectivity index (χ4n) is 1.53. The first-order chi connectivity index (χ1) is 8.90. The number of carboxylic acids is 1. The van der Waals surface area contributed by atoms with Crippen molar-refractivity contribution in [1.29, 1.82) is 0 Å². The minimum absolute atomic E-state index is 0.00545. The number of nitrogens with zero attached hydrogens (tertiary/aromatic N) is 2. The molecule has 0 aromatic heterocycles. The summed E-state index contributed by atoms with van der Waals surface area (Å²) in [6.07, 6.45) is 1.89. The van der Waals surface area contributed by atoms with Crippen molar-refractivity contribution in [1.82, 2.24) is 0 Å². The maximum Gasteiger partial charge on any atom is 0.328 e. The summed E-state index contributed by atoms with van der Waals surface area (Å²) in [4.78, 5) is 25.0. The van der Waals surface area contributed by atoms with Crippen LogP contribution in [-0.2, 0) is 4.79 Å². The SMILES string of the molecule is CC(C)CC(N=Cc1ccc([N+](=O)[O-])cc1)C(=O)O. The molecule has 0 fully saturated rings. The number of aliphatic carboxylic acids is 1. The molecule has 0 aliphatic rings. The van der Waals surface area contributed by atoms with Gasteiger partial charge < -0.3 is 5.11 Å². The van der Waals surface area contributed by atoms with Crippen LogP contribution in [0.2, 0.25) is 0 Å². The Bertz CT molecular complexity index is 480. The van der Waals surface area contributed by atoms with E-state index in [1.54, 1.807) is 0 Å². The van der Waals surface area contributed by atoms with Crippen molar-refractivity contribution in [2.45, 2.75) is 26.3 Å². The van der Waals surface area contributed by atoms with E-state index in [-0.39, 0.29) is 11.6 Å². The standard InChI is InChI=1S/C13H16N2O4/c1-9(2)7-12(13(16)17)14-8-10-3-5-11(6-4-10)15(18)19/h3-6,8-9,12H,7H2,1-2H3,(H,16,17). The molecule has 0 heterocycles. The minimum atomic E-state index is -0.966. The van der Waals surface area contributed by atoms with Gasteiger partial charge in [-0.1, -0.05) is 13.8 Å². The monoisotopic (exact) mass is 264 g/mol. The number of carboxylic acid groups (broad SMARTS) is 1. The second-order valence-corrected chi connectivity index (χ2v) is 4.61. The quantitative estimate of drug-likeness (QED) is 0.485. The highest BCUT2D eigenvalue weighted by Crippen LogP contribution is 2.12. The zero-order valence-corrected chi connectivity index (χ0v) is 10.8. The molecule has 0 aliphatic carbocycles. The van der Waals surface area contributed by atoms with Gasteiger partial charge in [-0.3, -0.25) is 15.1 Å². The predicted molar refractivity (Wildman–Crippen MR) is 71.6 cm³/mol. The molecule has 0 amide bonds. The highest BCUT2D eigenvalue weighted by molar-refractivity contribution is 5.83. The molecule has 0 aliphatic heterocycles. The highest BCUT2D eigenvalue weighted by Gasteiger charge is 2.16. The molecule has 6 heteroatoms. The van der Waals surface area contributed by atoms with E-state index >= 15 is 0 Å². The summed E-state index contributed by atoms with van der Waals surface area (Å²) in [5.74, 6) is -0.734. The molecule has 1 atom stereocenters. The van der Waals surface area contributed by atoms with Crippen molar-refractivity contribution in [2.75, 3.05) is 0 Å². The van der Waals surface area contributed by atoms with Gasteiger partial charge in [0.1, 0.15) is 6.04 Å². The fraction of sp³-hybridized carbons (Fsp3) is 0.385. The van der Waals surface area contributed by atoms with Crippen molar-refractivity contribution in [2.24, 2.45) is 10.9 Å². The van der Waals surface area contributed by atoms with Gasteiger partial charge in [-0.2, -0.15) is 0 Å². The van der Waals surface area contributed by atoms with E-state index < -0.39 is 16.9 Å². The smallest absolute Gasteiger partial charge is 0.328 e. The largest absolute Gasteiger partial charge is 0.480 e. The average Bonchev–Trinajstić information content (AvgIpc) is 2.34. The number of nitro benzene ring substituents is 1. The average molecular weight is 264 g/mol. The van der Waals surface area contributed by atoms with Gasteiger partial charge in [-0.25, -0.2) is 4.79 Å². The van der Waals surface area contributed by atoms with Crippen LogP contribution in [0.3, 0.4) is 0 Å². The number of carbonyl (C=O) groups is 1. The van der Waals surface area contributed by atoms with Crippen LogP contribution in [0.25, 0.3) is 0 Å². The predicted octanol–water partition coefficient (Wildman–Crippen LogP) is 2.51. The first kappa shape index (κ1) is 14.8. The zero-order valence-electron chi connectivity index (χ0n) is 10.8. The lowest BCUT2D eigenvalue weighted by molar-refractivity contribution is -0.384. The van der Waals surface area contributed by atoms with Crippen molar-refractivity contribution in [3.05, 3.63) is 39.9 Å². The van der Waals surface area contributed by atoms with Crippen LogP contribution >= 0.6 is 0 Å². The number of hydrogen-bond donors (Lipinski definition) is 1. The Morgan fingerprint density at radius 2 is 2.00 bits per heavy atom. The summed E-state index contributed by atoms with van der Waals surface area (Å²) < 4.78 is 0. The molecule has 0 bridgehead atoms. The van der Waals surface area contributed by atoms with E-state index in [1.165, 1.54) is 30.5 Å². The zero-order chi connectivity index (χ0) is 14.4. The molecule has 0 saturated carbocycles. The molecule has 0 spiro atoms. The topological polar surface area (TPSA) is 92.8 Å². The Morgan fingerprint density at radius 3 is 2.42 bits per heavy atom. The molecular weight excluding hydrogens is 248 g/mol. The van der Waals surface area contributed by atoms with E-state index in [2.05, 4.69) is 4.99 Å². The Labute approximate surface area is 110 Å². The van der Waals surface area contributed by atoms with Gasteiger partial charge in [0, 0.05) is 18.3 Å². The van der Waals surface area contributed by atoms with Gasteiger partial charge in [0.15, 0.2) is 0 Å². The van der Waals surface area contributed by atoms with E-state index in [0.717, 1.165) is 0 Å². The molecule has 102 valence electrons. The maximum atomic E-state index is 11.0. The number of benzene rings is 1. The number of rotatable bonds is 6. The second-order valence-electron chi connectivity index (χ2n) is 4.61.